The summed E-state index contributed by atoms with van der Waals surface area (Å²) in [6.07, 6.45) is 0. The lowest BCUT2D eigenvalue weighted by Crippen LogP contribution is -2.31. The molecule has 0 aliphatic rings. The molecule has 1 heterocycles. The molecule has 1 aromatic carbocycles. The maximum absolute atomic E-state index is 12.8. The molecule has 1 N–H and O–H groups in total. The molecule has 2 aromatic rings. The maximum atomic E-state index is 12.8. The van der Waals surface area contributed by atoms with E-state index in [0.717, 1.165) is 23.0 Å². The highest BCUT2D eigenvalue weighted by Gasteiger charge is 2.12. The fourth-order valence-corrected chi connectivity index (χ4v) is 3.56. The lowest BCUT2D eigenvalue weighted by Gasteiger charge is -2.17. The Morgan fingerprint density at radius 3 is 2.61 bits per heavy atom. The smallest absolute Gasteiger partial charge is 0.233 e. The van der Waals surface area contributed by atoms with Gasteiger partial charge in [0.05, 0.1) is 5.75 Å². The molecule has 0 unspecified atom stereocenters. The topological polar surface area (TPSA) is 58.1 Å². The van der Waals surface area contributed by atoms with Crippen LogP contribution in [0.2, 0.25) is 0 Å². The van der Waals surface area contributed by atoms with Crippen LogP contribution >= 0.6 is 23.1 Å². The Morgan fingerprint density at radius 1 is 1.26 bits per heavy atom. The Hall–Kier alpha value is -1.67. The van der Waals surface area contributed by atoms with Crippen molar-refractivity contribution in [3.05, 3.63) is 35.6 Å². The first kappa shape index (κ1) is 17.7. The number of nitrogens with zero attached hydrogens (tertiary/aromatic N) is 3. The van der Waals surface area contributed by atoms with E-state index in [-0.39, 0.29) is 11.7 Å². The number of aromatic nitrogens is 2. The highest BCUT2D eigenvalue weighted by atomic mass is 32.2. The summed E-state index contributed by atoms with van der Waals surface area (Å²) in [7, 11) is 0. The van der Waals surface area contributed by atoms with Gasteiger partial charge in [-0.2, -0.15) is 0 Å². The van der Waals surface area contributed by atoms with Gasteiger partial charge in [-0.15, -0.1) is 10.2 Å². The van der Waals surface area contributed by atoms with Crippen molar-refractivity contribution in [2.75, 3.05) is 24.2 Å². The minimum Gasteiger partial charge on any atom is -0.356 e. The van der Waals surface area contributed by atoms with E-state index in [0.29, 0.717) is 17.4 Å². The molecule has 23 heavy (non-hydrogen) atoms. The lowest BCUT2D eigenvalue weighted by molar-refractivity contribution is -0.127. The van der Waals surface area contributed by atoms with E-state index >= 15 is 0 Å². The van der Waals surface area contributed by atoms with Crippen LogP contribution in [0.5, 0.6) is 0 Å². The Bertz CT molecular complexity index is 629. The van der Waals surface area contributed by atoms with Crippen LogP contribution in [0.15, 0.2) is 28.6 Å². The standard InChI is InChI=1S/C15H19FN4OS2/c1-3-20(4-2)13(21)10-22-15-19-18-14(23-15)17-9-11-5-7-12(16)8-6-11/h5-8H,3-4,9-10H2,1-2H3,(H,17,18). The second kappa shape index (κ2) is 8.83. The van der Waals surface area contributed by atoms with E-state index in [9.17, 15) is 9.18 Å². The predicted octanol–water partition coefficient (Wildman–Crippen LogP) is 3.25. The third kappa shape index (κ3) is 5.47. The van der Waals surface area contributed by atoms with Gasteiger partial charge in [0.2, 0.25) is 11.0 Å². The lowest BCUT2D eigenvalue weighted by atomic mass is 10.2. The van der Waals surface area contributed by atoms with Crippen LogP contribution in [0.1, 0.15) is 19.4 Å². The van der Waals surface area contributed by atoms with E-state index in [1.165, 1.54) is 35.2 Å². The highest BCUT2D eigenvalue weighted by Crippen LogP contribution is 2.26. The first-order valence-corrected chi connectivity index (χ1v) is 9.15. The quantitative estimate of drug-likeness (QED) is 0.738. The van der Waals surface area contributed by atoms with Crippen LogP contribution < -0.4 is 5.32 Å². The maximum Gasteiger partial charge on any atom is 0.233 e. The van der Waals surface area contributed by atoms with Crippen LogP contribution in [0.4, 0.5) is 9.52 Å². The number of amides is 1. The molecular weight excluding hydrogens is 335 g/mol. The van der Waals surface area contributed by atoms with Crippen LogP contribution in [0, 0.1) is 5.82 Å². The molecule has 8 heteroatoms. The van der Waals surface area contributed by atoms with Crippen LogP contribution in [0.25, 0.3) is 0 Å². The van der Waals surface area contributed by atoms with Gasteiger partial charge in [-0.25, -0.2) is 4.39 Å². The van der Waals surface area contributed by atoms with E-state index in [2.05, 4.69) is 15.5 Å². The number of carbonyl (C=O) groups is 1. The summed E-state index contributed by atoms with van der Waals surface area (Å²) in [6.45, 7) is 5.92. The van der Waals surface area contributed by atoms with E-state index in [1.807, 2.05) is 13.8 Å². The SMILES string of the molecule is CCN(CC)C(=O)CSc1nnc(NCc2ccc(F)cc2)s1. The first-order valence-electron chi connectivity index (χ1n) is 7.34. The second-order valence-electron chi connectivity index (χ2n) is 4.71. The van der Waals surface area contributed by atoms with Crippen LogP contribution in [-0.4, -0.2) is 39.8 Å². The second-order valence-corrected chi connectivity index (χ2v) is 6.91. The van der Waals surface area contributed by atoms with Crippen molar-refractivity contribution >= 4 is 34.1 Å². The van der Waals surface area contributed by atoms with Crippen molar-refractivity contribution in [2.45, 2.75) is 24.7 Å². The van der Waals surface area contributed by atoms with Gasteiger partial charge in [-0.1, -0.05) is 35.2 Å². The summed E-state index contributed by atoms with van der Waals surface area (Å²) in [4.78, 5) is 13.7. The van der Waals surface area contributed by atoms with Gasteiger partial charge in [0.1, 0.15) is 5.82 Å². The van der Waals surface area contributed by atoms with Crippen molar-refractivity contribution in [3.63, 3.8) is 0 Å². The Labute approximate surface area is 143 Å². The number of carbonyl (C=O) groups excluding carboxylic acids is 1. The van der Waals surface area contributed by atoms with Gasteiger partial charge in [-0.05, 0) is 31.5 Å². The number of nitrogens with one attached hydrogen (secondary N) is 1. The molecular formula is C15H19FN4OS2. The van der Waals surface area contributed by atoms with Gasteiger partial charge < -0.3 is 10.2 Å². The highest BCUT2D eigenvalue weighted by molar-refractivity contribution is 8.01. The molecule has 0 spiro atoms. The van der Waals surface area contributed by atoms with Crippen molar-refractivity contribution in [3.8, 4) is 0 Å². The van der Waals surface area contributed by atoms with Crippen molar-refractivity contribution in [1.82, 2.24) is 15.1 Å². The predicted molar refractivity (Wildman–Crippen MR) is 92.3 cm³/mol. The van der Waals surface area contributed by atoms with Gasteiger partial charge in [0, 0.05) is 19.6 Å². The summed E-state index contributed by atoms with van der Waals surface area (Å²) < 4.78 is 13.6. The molecule has 0 aliphatic heterocycles. The van der Waals surface area contributed by atoms with Crippen LogP contribution in [0.3, 0.4) is 0 Å². The average Bonchev–Trinajstić information content (AvgIpc) is 3.01. The summed E-state index contributed by atoms with van der Waals surface area (Å²) in [5.74, 6) is 0.228. The summed E-state index contributed by atoms with van der Waals surface area (Å²) in [5, 5.41) is 11.9. The molecule has 0 bridgehead atoms. The van der Waals surface area contributed by atoms with Gasteiger partial charge in [0.15, 0.2) is 4.34 Å². The summed E-state index contributed by atoms with van der Waals surface area (Å²) in [6, 6.07) is 6.30. The third-order valence-corrected chi connectivity index (χ3v) is 5.20. The number of thioether (sulfide) groups is 1. The van der Waals surface area contributed by atoms with Gasteiger partial charge in [-0.3, -0.25) is 4.79 Å². The van der Waals surface area contributed by atoms with E-state index in [4.69, 9.17) is 0 Å². The van der Waals surface area contributed by atoms with Gasteiger partial charge in [0.25, 0.3) is 0 Å². The molecule has 0 fully saturated rings. The van der Waals surface area contributed by atoms with Crippen molar-refractivity contribution < 1.29 is 9.18 Å². The monoisotopic (exact) mass is 354 g/mol. The first-order chi connectivity index (χ1) is 11.1. The zero-order valence-corrected chi connectivity index (χ0v) is 14.7. The molecule has 0 saturated heterocycles. The number of halogens is 1. The molecule has 2 rings (SSSR count). The van der Waals surface area contributed by atoms with E-state index in [1.54, 1.807) is 17.0 Å². The number of benzene rings is 1. The molecule has 5 nitrogen and oxygen atoms in total. The average molecular weight is 354 g/mol. The zero-order chi connectivity index (χ0) is 16.7. The zero-order valence-electron chi connectivity index (χ0n) is 13.1. The molecule has 0 radical (unpaired) electrons. The molecule has 1 amide bonds. The number of rotatable bonds is 8. The molecule has 0 aliphatic carbocycles. The molecule has 0 atom stereocenters. The Morgan fingerprint density at radius 2 is 1.96 bits per heavy atom. The Kier molecular flexibility index (Phi) is 6.79. The Balaban J connectivity index is 1.81. The number of hydrogen-bond donors (Lipinski definition) is 1. The molecule has 0 saturated carbocycles. The minimum absolute atomic E-state index is 0.107. The number of hydrogen-bond acceptors (Lipinski definition) is 6. The van der Waals surface area contributed by atoms with Crippen molar-refractivity contribution in [2.24, 2.45) is 0 Å². The minimum atomic E-state index is -0.249. The third-order valence-electron chi connectivity index (χ3n) is 3.20. The normalized spacial score (nSPS) is 10.6. The van der Waals surface area contributed by atoms with E-state index < -0.39 is 0 Å². The molecule has 124 valence electrons. The molecule has 1 aromatic heterocycles. The van der Waals surface area contributed by atoms with Crippen LogP contribution in [-0.2, 0) is 11.3 Å². The largest absolute Gasteiger partial charge is 0.356 e. The fourth-order valence-electron chi connectivity index (χ4n) is 1.91. The van der Waals surface area contributed by atoms with Crippen molar-refractivity contribution in [1.29, 1.82) is 0 Å². The summed E-state index contributed by atoms with van der Waals surface area (Å²) in [5.41, 5.74) is 0.965. The summed E-state index contributed by atoms with van der Waals surface area (Å²) >= 11 is 2.81. The van der Waals surface area contributed by atoms with Gasteiger partial charge >= 0.3 is 0 Å². The fraction of sp³-hybridized carbons (Fsp3) is 0.400. The number of anilines is 1.